The van der Waals surface area contributed by atoms with Crippen molar-refractivity contribution in [3.63, 3.8) is 0 Å². The molecule has 150 valence electrons. The average Bonchev–Trinajstić information content (AvgIpc) is 3.21. The van der Waals surface area contributed by atoms with Gasteiger partial charge in [0.1, 0.15) is 11.5 Å². The third kappa shape index (κ3) is 4.06. The quantitative estimate of drug-likeness (QED) is 0.369. The maximum Gasteiger partial charge on any atom is 0.248 e. The van der Waals surface area contributed by atoms with Crippen LogP contribution in [0.2, 0.25) is 0 Å². The number of hydrogen-bond acceptors (Lipinski definition) is 5. The molecule has 4 rings (SSSR count). The number of aromatic nitrogens is 3. The summed E-state index contributed by atoms with van der Waals surface area (Å²) in [6, 6.07) is 13.6. The minimum absolute atomic E-state index is 0.175. The molecule has 7 nitrogen and oxygen atoms in total. The van der Waals surface area contributed by atoms with Crippen molar-refractivity contribution in [2.45, 2.75) is 0 Å². The molecule has 1 aromatic carbocycles. The zero-order valence-electron chi connectivity index (χ0n) is 16.4. The maximum absolute atomic E-state index is 11.9. The fraction of sp³-hybridized carbons (Fsp3) is 0.0870. The Balaban J connectivity index is 1.69. The van der Waals surface area contributed by atoms with Crippen LogP contribution in [0.4, 0.5) is 11.5 Å². The van der Waals surface area contributed by atoms with E-state index in [0.29, 0.717) is 5.69 Å². The molecule has 0 bridgehead atoms. The second-order valence-corrected chi connectivity index (χ2v) is 6.66. The molecule has 0 atom stereocenters. The van der Waals surface area contributed by atoms with Crippen molar-refractivity contribution in [2.24, 2.45) is 0 Å². The van der Waals surface area contributed by atoms with Crippen LogP contribution < -0.4 is 10.6 Å². The Morgan fingerprint density at radius 1 is 1.13 bits per heavy atom. The van der Waals surface area contributed by atoms with Crippen molar-refractivity contribution >= 4 is 28.4 Å². The van der Waals surface area contributed by atoms with Crippen molar-refractivity contribution in [2.75, 3.05) is 24.3 Å². The first kappa shape index (κ1) is 19.4. The van der Waals surface area contributed by atoms with Gasteiger partial charge in [0, 0.05) is 53.9 Å². The number of rotatable bonds is 6. The summed E-state index contributed by atoms with van der Waals surface area (Å²) in [5.74, 6) is 0.505. The Kier molecular flexibility index (Phi) is 5.54. The van der Waals surface area contributed by atoms with Crippen LogP contribution in [0.25, 0.3) is 33.3 Å². The van der Waals surface area contributed by atoms with Gasteiger partial charge in [0.25, 0.3) is 0 Å². The second kappa shape index (κ2) is 8.59. The highest BCUT2D eigenvalue weighted by atomic mass is 16.2. The minimum atomic E-state index is -0.291. The molecule has 0 spiro atoms. The molecule has 0 saturated carbocycles. The van der Waals surface area contributed by atoms with Gasteiger partial charge in [-0.25, -0.2) is 9.97 Å². The number of carbonyl (C=O) groups excluding carboxylic acids is 1. The van der Waals surface area contributed by atoms with E-state index in [1.807, 2.05) is 49.6 Å². The number of H-pyrrole nitrogens is 1. The summed E-state index contributed by atoms with van der Waals surface area (Å²) in [7, 11) is 1.84. The van der Waals surface area contributed by atoms with E-state index < -0.39 is 0 Å². The number of nitrogens with zero attached hydrogens (tertiary/aromatic N) is 2. The van der Waals surface area contributed by atoms with Crippen molar-refractivity contribution in [1.29, 1.82) is 0 Å². The maximum atomic E-state index is 11.9. The molecule has 0 aliphatic rings. The van der Waals surface area contributed by atoms with E-state index in [2.05, 4.69) is 31.7 Å². The highest BCUT2D eigenvalue weighted by molar-refractivity contribution is 6.00. The molecule has 0 fully saturated rings. The molecule has 3 heterocycles. The summed E-state index contributed by atoms with van der Waals surface area (Å²) in [6.07, 6.45) is 8.22. The molecule has 0 aliphatic heterocycles. The van der Waals surface area contributed by atoms with Crippen LogP contribution in [0.5, 0.6) is 0 Å². The van der Waals surface area contributed by atoms with E-state index in [-0.39, 0.29) is 12.5 Å². The predicted molar refractivity (Wildman–Crippen MR) is 119 cm³/mol. The fourth-order valence-corrected chi connectivity index (χ4v) is 3.26. The minimum Gasteiger partial charge on any atom is -0.392 e. The van der Waals surface area contributed by atoms with Crippen LogP contribution in [-0.4, -0.2) is 39.6 Å². The lowest BCUT2D eigenvalue weighted by Crippen LogP contribution is -2.07. The Morgan fingerprint density at radius 2 is 2.03 bits per heavy atom. The van der Waals surface area contributed by atoms with E-state index in [4.69, 9.17) is 5.11 Å². The van der Waals surface area contributed by atoms with Crippen LogP contribution >= 0.6 is 0 Å². The van der Waals surface area contributed by atoms with Crippen LogP contribution in [0.15, 0.2) is 73.2 Å². The van der Waals surface area contributed by atoms with E-state index in [1.54, 1.807) is 12.4 Å². The molecule has 3 aromatic heterocycles. The molecule has 0 aliphatic carbocycles. The Hall–Kier alpha value is -3.97. The van der Waals surface area contributed by atoms with Crippen molar-refractivity contribution in [3.05, 3.63) is 73.2 Å². The molecule has 0 radical (unpaired) electrons. The standard InChI is InChI=1S/C23H21N5O2/c1-24-21-12-16(7-8-25-21)20-14-27-23-19(20)11-17(13-26-23)15-4-2-5-18(10-15)28-22(30)6-3-9-29/h2-8,10-14,29H,9H2,1H3,(H,24,25)(H,26,27)(H,28,30). The smallest absolute Gasteiger partial charge is 0.248 e. The number of anilines is 2. The Morgan fingerprint density at radius 3 is 2.87 bits per heavy atom. The zero-order chi connectivity index (χ0) is 20.9. The number of nitrogens with one attached hydrogen (secondary N) is 3. The van der Waals surface area contributed by atoms with E-state index >= 15 is 0 Å². The van der Waals surface area contributed by atoms with Gasteiger partial charge in [-0.2, -0.15) is 0 Å². The number of carbonyl (C=O) groups is 1. The second-order valence-electron chi connectivity index (χ2n) is 6.66. The third-order valence-electron chi connectivity index (χ3n) is 4.70. The zero-order valence-corrected chi connectivity index (χ0v) is 16.4. The van der Waals surface area contributed by atoms with Crippen LogP contribution in [-0.2, 0) is 4.79 Å². The van der Waals surface area contributed by atoms with Gasteiger partial charge in [-0.1, -0.05) is 18.2 Å². The van der Waals surface area contributed by atoms with Crippen molar-refractivity contribution in [1.82, 2.24) is 15.0 Å². The SMILES string of the molecule is CNc1cc(-c2c[nH]c3ncc(-c4cccc(NC(=O)C=CCO)c4)cc23)ccn1. The number of benzene rings is 1. The van der Waals surface area contributed by atoms with Gasteiger partial charge in [-0.05, 0) is 41.5 Å². The largest absolute Gasteiger partial charge is 0.392 e. The lowest BCUT2D eigenvalue weighted by atomic mass is 10.0. The summed E-state index contributed by atoms with van der Waals surface area (Å²) in [5.41, 5.74) is 5.42. The molecule has 0 unspecified atom stereocenters. The molecule has 4 aromatic rings. The van der Waals surface area contributed by atoms with Gasteiger partial charge in [-0.15, -0.1) is 0 Å². The van der Waals surface area contributed by atoms with E-state index in [1.165, 1.54) is 12.2 Å². The van der Waals surface area contributed by atoms with Crippen LogP contribution in [0.1, 0.15) is 0 Å². The normalized spacial score (nSPS) is 11.1. The summed E-state index contributed by atoms with van der Waals surface area (Å²) in [6.45, 7) is -0.175. The molecule has 4 N–H and O–H groups in total. The Labute approximate surface area is 173 Å². The monoisotopic (exact) mass is 399 g/mol. The summed E-state index contributed by atoms with van der Waals surface area (Å²) < 4.78 is 0. The lowest BCUT2D eigenvalue weighted by molar-refractivity contribution is -0.111. The number of aliphatic hydroxyl groups is 1. The number of hydrogen-bond donors (Lipinski definition) is 4. The summed E-state index contributed by atoms with van der Waals surface area (Å²) in [5, 5.41) is 15.6. The van der Waals surface area contributed by atoms with E-state index in [9.17, 15) is 4.79 Å². The number of aromatic amines is 1. The lowest BCUT2D eigenvalue weighted by Gasteiger charge is -2.07. The summed E-state index contributed by atoms with van der Waals surface area (Å²) >= 11 is 0. The first-order valence-electron chi connectivity index (χ1n) is 9.48. The molecular formula is C23H21N5O2. The molecule has 0 saturated heterocycles. The topological polar surface area (TPSA) is 103 Å². The Bertz CT molecular complexity index is 1230. The van der Waals surface area contributed by atoms with Gasteiger partial charge in [0.15, 0.2) is 0 Å². The molecule has 30 heavy (non-hydrogen) atoms. The number of fused-ring (bicyclic) bond motifs is 1. The van der Waals surface area contributed by atoms with Gasteiger partial charge >= 0.3 is 0 Å². The average molecular weight is 399 g/mol. The van der Waals surface area contributed by atoms with Gasteiger partial charge < -0.3 is 20.7 Å². The van der Waals surface area contributed by atoms with Crippen molar-refractivity contribution < 1.29 is 9.90 Å². The molecular weight excluding hydrogens is 378 g/mol. The highest BCUT2D eigenvalue weighted by Gasteiger charge is 2.10. The van der Waals surface area contributed by atoms with Gasteiger partial charge in [0.05, 0.1) is 6.61 Å². The summed E-state index contributed by atoms with van der Waals surface area (Å²) in [4.78, 5) is 23.9. The fourth-order valence-electron chi connectivity index (χ4n) is 3.26. The van der Waals surface area contributed by atoms with Gasteiger partial charge in [0.2, 0.25) is 5.91 Å². The van der Waals surface area contributed by atoms with E-state index in [0.717, 1.165) is 39.1 Å². The number of pyridine rings is 2. The van der Waals surface area contributed by atoms with Crippen molar-refractivity contribution in [3.8, 4) is 22.3 Å². The van der Waals surface area contributed by atoms with Crippen LogP contribution in [0, 0.1) is 0 Å². The van der Waals surface area contributed by atoms with Crippen LogP contribution in [0.3, 0.4) is 0 Å². The third-order valence-corrected chi connectivity index (χ3v) is 4.70. The first-order valence-corrected chi connectivity index (χ1v) is 9.48. The number of aliphatic hydroxyl groups excluding tert-OH is 1. The highest BCUT2D eigenvalue weighted by Crippen LogP contribution is 2.32. The molecule has 1 amide bonds. The van der Waals surface area contributed by atoms with Gasteiger partial charge in [-0.3, -0.25) is 4.79 Å². The number of amides is 1. The first-order chi connectivity index (χ1) is 14.7. The molecule has 7 heteroatoms. The predicted octanol–water partition coefficient (Wildman–Crippen LogP) is 3.82.